The fraction of sp³-hybridized carbons (Fsp3) is 0.286. The maximum Gasteiger partial charge on any atom is 0.342 e. The normalized spacial score (nSPS) is 10.2. The predicted molar refractivity (Wildman–Crippen MR) is 70.1 cm³/mol. The van der Waals surface area contributed by atoms with Crippen LogP contribution in [-0.4, -0.2) is 22.8 Å². The highest BCUT2D eigenvalue weighted by Gasteiger charge is 2.19. The molecule has 5 nitrogen and oxygen atoms in total. The SMILES string of the molecule is CCOC(=O)c1c(COc2ccccc2)n[nH]c1C. The smallest absolute Gasteiger partial charge is 0.342 e. The van der Waals surface area contributed by atoms with Gasteiger partial charge in [-0.15, -0.1) is 0 Å². The number of esters is 1. The number of ether oxygens (including phenoxy) is 2. The molecule has 0 spiro atoms. The van der Waals surface area contributed by atoms with Gasteiger partial charge in [0.25, 0.3) is 0 Å². The van der Waals surface area contributed by atoms with Crippen molar-refractivity contribution in [2.24, 2.45) is 0 Å². The maximum absolute atomic E-state index is 11.8. The van der Waals surface area contributed by atoms with E-state index in [0.717, 1.165) is 5.75 Å². The van der Waals surface area contributed by atoms with Crippen LogP contribution in [0.15, 0.2) is 30.3 Å². The number of aromatic nitrogens is 2. The summed E-state index contributed by atoms with van der Waals surface area (Å²) in [5.41, 5.74) is 1.70. The van der Waals surface area contributed by atoms with Gasteiger partial charge in [-0.05, 0) is 26.0 Å². The van der Waals surface area contributed by atoms with Gasteiger partial charge in [-0.2, -0.15) is 5.10 Å². The predicted octanol–water partition coefficient (Wildman–Crippen LogP) is 2.47. The van der Waals surface area contributed by atoms with E-state index in [4.69, 9.17) is 9.47 Å². The average molecular weight is 260 g/mol. The molecule has 2 aromatic rings. The lowest BCUT2D eigenvalue weighted by Gasteiger charge is -2.06. The molecule has 0 aliphatic carbocycles. The minimum absolute atomic E-state index is 0.225. The Kier molecular flexibility index (Phi) is 4.18. The van der Waals surface area contributed by atoms with E-state index in [9.17, 15) is 4.79 Å². The average Bonchev–Trinajstić information content (AvgIpc) is 2.79. The van der Waals surface area contributed by atoms with Gasteiger partial charge in [-0.3, -0.25) is 5.10 Å². The lowest BCUT2D eigenvalue weighted by Crippen LogP contribution is -2.09. The number of nitrogens with one attached hydrogen (secondary N) is 1. The fourth-order valence-electron chi connectivity index (χ4n) is 1.73. The van der Waals surface area contributed by atoms with E-state index < -0.39 is 0 Å². The first kappa shape index (κ1) is 13.1. The van der Waals surface area contributed by atoms with Gasteiger partial charge in [0, 0.05) is 5.69 Å². The second kappa shape index (κ2) is 6.04. The highest BCUT2D eigenvalue weighted by atomic mass is 16.5. The third kappa shape index (κ3) is 3.13. The zero-order valence-electron chi connectivity index (χ0n) is 11.0. The fourth-order valence-corrected chi connectivity index (χ4v) is 1.73. The Bertz CT molecular complexity index is 549. The van der Waals surface area contributed by atoms with Crippen molar-refractivity contribution in [2.45, 2.75) is 20.5 Å². The number of aryl methyl sites for hydroxylation is 1. The molecule has 0 aliphatic rings. The summed E-state index contributed by atoms with van der Waals surface area (Å²) in [6.07, 6.45) is 0. The summed E-state index contributed by atoms with van der Waals surface area (Å²) < 4.78 is 10.6. The van der Waals surface area contributed by atoms with Crippen LogP contribution in [0.5, 0.6) is 5.75 Å². The Morgan fingerprint density at radius 3 is 2.74 bits per heavy atom. The Morgan fingerprint density at radius 2 is 2.05 bits per heavy atom. The van der Waals surface area contributed by atoms with Gasteiger partial charge in [0.05, 0.1) is 6.61 Å². The van der Waals surface area contributed by atoms with Crippen molar-refractivity contribution < 1.29 is 14.3 Å². The molecule has 0 saturated carbocycles. The molecule has 0 saturated heterocycles. The molecule has 0 bridgehead atoms. The largest absolute Gasteiger partial charge is 0.487 e. The number of aromatic amines is 1. The van der Waals surface area contributed by atoms with Crippen LogP contribution in [0.4, 0.5) is 0 Å². The topological polar surface area (TPSA) is 64.2 Å². The second-order valence-corrected chi connectivity index (χ2v) is 3.99. The van der Waals surface area contributed by atoms with E-state index in [0.29, 0.717) is 23.6 Å². The standard InChI is InChI=1S/C14H16N2O3/c1-3-18-14(17)13-10(2)15-16-12(13)9-19-11-7-5-4-6-8-11/h4-8H,3,9H2,1-2H3,(H,15,16). The van der Waals surface area contributed by atoms with Crippen LogP contribution in [0.3, 0.4) is 0 Å². The third-order valence-corrected chi connectivity index (χ3v) is 2.62. The number of hydrogen-bond acceptors (Lipinski definition) is 4. The molecule has 0 atom stereocenters. The number of carbonyl (C=O) groups excluding carboxylic acids is 1. The van der Waals surface area contributed by atoms with Crippen LogP contribution >= 0.6 is 0 Å². The summed E-state index contributed by atoms with van der Waals surface area (Å²) in [5.74, 6) is 0.360. The number of nitrogens with zero attached hydrogens (tertiary/aromatic N) is 1. The lowest BCUT2D eigenvalue weighted by molar-refractivity contribution is 0.0522. The Labute approximate surface area is 111 Å². The first-order valence-electron chi connectivity index (χ1n) is 6.11. The van der Waals surface area contributed by atoms with Crippen molar-refractivity contribution in [1.82, 2.24) is 10.2 Å². The van der Waals surface area contributed by atoms with Gasteiger partial charge in [-0.1, -0.05) is 18.2 Å². The number of H-pyrrole nitrogens is 1. The molecule has 1 N–H and O–H groups in total. The van der Waals surface area contributed by atoms with E-state index in [1.165, 1.54) is 0 Å². The van der Waals surface area contributed by atoms with E-state index >= 15 is 0 Å². The lowest BCUT2D eigenvalue weighted by atomic mass is 10.2. The van der Waals surface area contributed by atoms with Gasteiger partial charge in [-0.25, -0.2) is 4.79 Å². The number of para-hydroxylation sites is 1. The van der Waals surface area contributed by atoms with Crippen LogP contribution in [0, 0.1) is 6.92 Å². The van der Waals surface area contributed by atoms with Gasteiger partial charge < -0.3 is 9.47 Å². The molecular weight excluding hydrogens is 244 g/mol. The van der Waals surface area contributed by atoms with Crippen LogP contribution in [0.2, 0.25) is 0 Å². The van der Waals surface area contributed by atoms with Crippen LogP contribution in [0.25, 0.3) is 0 Å². The molecule has 1 heterocycles. The molecule has 100 valence electrons. The summed E-state index contributed by atoms with van der Waals surface area (Å²) in [6, 6.07) is 9.39. The number of carbonyl (C=O) groups is 1. The van der Waals surface area contributed by atoms with Crippen LogP contribution in [0.1, 0.15) is 28.7 Å². The molecule has 0 fully saturated rings. The summed E-state index contributed by atoms with van der Waals surface area (Å²) in [7, 11) is 0. The molecule has 19 heavy (non-hydrogen) atoms. The number of rotatable bonds is 5. The quantitative estimate of drug-likeness (QED) is 0.839. The highest BCUT2D eigenvalue weighted by Crippen LogP contribution is 2.16. The van der Waals surface area contributed by atoms with Gasteiger partial charge in [0.2, 0.25) is 0 Å². The van der Waals surface area contributed by atoms with Crippen LogP contribution in [-0.2, 0) is 11.3 Å². The van der Waals surface area contributed by atoms with E-state index in [1.807, 2.05) is 30.3 Å². The first-order valence-corrected chi connectivity index (χ1v) is 6.11. The Balaban J connectivity index is 2.11. The van der Waals surface area contributed by atoms with E-state index in [-0.39, 0.29) is 12.6 Å². The van der Waals surface area contributed by atoms with Crippen molar-refractivity contribution in [1.29, 1.82) is 0 Å². The minimum Gasteiger partial charge on any atom is -0.487 e. The summed E-state index contributed by atoms with van der Waals surface area (Å²) in [4.78, 5) is 11.8. The summed E-state index contributed by atoms with van der Waals surface area (Å²) in [6.45, 7) is 4.11. The van der Waals surface area contributed by atoms with Crippen molar-refractivity contribution in [2.75, 3.05) is 6.61 Å². The second-order valence-electron chi connectivity index (χ2n) is 3.99. The monoisotopic (exact) mass is 260 g/mol. The van der Waals surface area contributed by atoms with Crippen molar-refractivity contribution in [3.63, 3.8) is 0 Å². The summed E-state index contributed by atoms with van der Waals surface area (Å²) >= 11 is 0. The Morgan fingerprint density at radius 1 is 1.32 bits per heavy atom. The zero-order chi connectivity index (χ0) is 13.7. The molecule has 0 amide bonds. The molecular formula is C14H16N2O3. The molecule has 2 rings (SSSR count). The highest BCUT2D eigenvalue weighted by molar-refractivity contribution is 5.91. The first-order chi connectivity index (χ1) is 9.22. The third-order valence-electron chi connectivity index (χ3n) is 2.62. The van der Waals surface area contributed by atoms with Gasteiger partial charge in [0.1, 0.15) is 23.6 Å². The molecule has 1 aromatic heterocycles. The molecule has 0 unspecified atom stereocenters. The van der Waals surface area contributed by atoms with Crippen molar-refractivity contribution in [3.8, 4) is 5.75 Å². The van der Waals surface area contributed by atoms with Crippen molar-refractivity contribution in [3.05, 3.63) is 47.3 Å². The zero-order valence-corrected chi connectivity index (χ0v) is 11.0. The molecule has 5 heteroatoms. The van der Waals surface area contributed by atoms with Crippen molar-refractivity contribution >= 4 is 5.97 Å². The van der Waals surface area contributed by atoms with E-state index in [2.05, 4.69) is 10.2 Å². The van der Waals surface area contributed by atoms with Crippen LogP contribution < -0.4 is 4.74 Å². The number of benzene rings is 1. The molecule has 0 radical (unpaired) electrons. The minimum atomic E-state index is -0.375. The molecule has 0 aliphatic heterocycles. The maximum atomic E-state index is 11.8. The van der Waals surface area contributed by atoms with Gasteiger partial charge >= 0.3 is 5.97 Å². The number of hydrogen-bond donors (Lipinski definition) is 1. The summed E-state index contributed by atoms with van der Waals surface area (Å²) in [5, 5.41) is 6.87. The Hall–Kier alpha value is -2.30. The molecule has 1 aromatic carbocycles. The van der Waals surface area contributed by atoms with E-state index in [1.54, 1.807) is 13.8 Å². The van der Waals surface area contributed by atoms with Gasteiger partial charge in [0.15, 0.2) is 0 Å².